The Morgan fingerprint density at radius 1 is 0.935 bits per heavy atom. The molecule has 0 aliphatic rings. The van der Waals surface area contributed by atoms with E-state index in [1.807, 2.05) is 66.7 Å². The van der Waals surface area contributed by atoms with E-state index in [1.165, 1.54) is 11.6 Å². The molecule has 0 saturated heterocycles. The highest BCUT2D eigenvalue weighted by Gasteiger charge is 2.03. The van der Waals surface area contributed by atoms with E-state index in [4.69, 9.17) is 21.7 Å². The van der Waals surface area contributed by atoms with Gasteiger partial charge in [0.15, 0.2) is 5.11 Å². The zero-order valence-corrected chi connectivity index (χ0v) is 18.0. The molecular weight excluding hydrogens is 408 g/mol. The van der Waals surface area contributed by atoms with Crippen molar-refractivity contribution in [3.05, 3.63) is 96.1 Å². The van der Waals surface area contributed by atoms with Gasteiger partial charge in [-0.2, -0.15) is 0 Å². The lowest BCUT2D eigenvalue weighted by atomic mass is 10.2. The van der Waals surface area contributed by atoms with Gasteiger partial charge in [-0.05, 0) is 65.8 Å². The summed E-state index contributed by atoms with van der Waals surface area (Å²) in [5.41, 5.74) is 2.89. The second-order valence-corrected chi connectivity index (χ2v) is 7.07. The molecule has 5 nitrogen and oxygen atoms in total. The molecule has 0 atom stereocenters. The molecule has 0 aliphatic carbocycles. The van der Waals surface area contributed by atoms with Crippen molar-refractivity contribution in [1.82, 2.24) is 5.32 Å². The second-order valence-electron chi connectivity index (χ2n) is 6.66. The lowest BCUT2D eigenvalue weighted by molar-refractivity contribution is -0.115. The van der Waals surface area contributed by atoms with Crippen LogP contribution in [0.5, 0.6) is 11.5 Å². The number of nitrogens with one attached hydrogen (secondary N) is 2. The first-order valence-electron chi connectivity index (χ1n) is 9.83. The van der Waals surface area contributed by atoms with Crippen LogP contribution < -0.4 is 20.1 Å². The molecule has 0 spiro atoms. The number of methoxy groups -OCH3 is 1. The first-order valence-corrected chi connectivity index (χ1v) is 10.2. The molecule has 1 amide bonds. The predicted octanol–water partition coefficient (Wildman–Crippen LogP) is 4.84. The van der Waals surface area contributed by atoms with E-state index in [0.717, 1.165) is 29.2 Å². The summed E-state index contributed by atoms with van der Waals surface area (Å²) in [7, 11) is 1.61. The number of carbonyl (C=O) groups excluding carboxylic acids is 1. The molecule has 0 unspecified atom stereocenters. The molecule has 3 aromatic rings. The van der Waals surface area contributed by atoms with Crippen molar-refractivity contribution in [2.45, 2.75) is 6.42 Å². The van der Waals surface area contributed by atoms with Gasteiger partial charge in [0.1, 0.15) is 11.5 Å². The molecule has 3 aromatic carbocycles. The van der Waals surface area contributed by atoms with Crippen LogP contribution in [0.2, 0.25) is 0 Å². The van der Waals surface area contributed by atoms with E-state index in [1.54, 1.807) is 13.2 Å². The minimum atomic E-state index is -0.311. The fraction of sp³-hybridized carbons (Fsp3) is 0.120. The van der Waals surface area contributed by atoms with Crippen molar-refractivity contribution in [2.75, 3.05) is 19.0 Å². The largest absolute Gasteiger partial charge is 0.497 e. The van der Waals surface area contributed by atoms with Crippen LogP contribution in [0.1, 0.15) is 11.1 Å². The standard InChI is InChI=1S/C25H24N2O3S/c1-29-22-12-7-20(8-13-22)9-16-24(28)27-25(31)26-21-10-14-23(15-11-21)30-18-17-19-5-3-2-4-6-19/h2-16H,17-18H2,1H3,(H2,26,27,28,31)/b16-9+. The fourth-order valence-electron chi connectivity index (χ4n) is 2.77. The maximum atomic E-state index is 12.1. The van der Waals surface area contributed by atoms with Gasteiger partial charge < -0.3 is 14.8 Å². The van der Waals surface area contributed by atoms with Crippen molar-refractivity contribution in [1.29, 1.82) is 0 Å². The Morgan fingerprint density at radius 3 is 2.29 bits per heavy atom. The number of hydrogen-bond acceptors (Lipinski definition) is 4. The average molecular weight is 433 g/mol. The number of rotatable bonds is 8. The molecule has 0 saturated carbocycles. The van der Waals surface area contributed by atoms with Gasteiger partial charge in [0.2, 0.25) is 5.91 Å². The molecule has 31 heavy (non-hydrogen) atoms. The van der Waals surface area contributed by atoms with Crippen LogP contribution in [0.25, 0.3) is 6.08 Å². The summed E-state index contributed by atoms with van der Waals surface area (Å²) in [5, 5.41) is 5.84. The minimum absolute atomic E-state index is 0.224. The summed E-state index contributed by atoms with van der Waals surface area (Å²) in [6, 6.07) is 25.0. The molecule has 0 fully saturated rings. The Labute approximate surface area is 187 Å². The Kier molecular flexibility index (Phi) is 8.20. The lowest BCUT2D eigenvalue weighted by Crippen LogP contribution is -2.32. The van der Waals surface area contributed by atoms with Gasteiger partial charge in [-0.15, -0.1) is 0 Å². The van der Waals surface area contributed by atoms with Crippen LogP contribution in [0.15, 0.2) is 84.9 Å². The van der Waals surface area contributed by atoms with Crippen LogP contribution >= 0.6 is 12.2 Å². The summed E-state index contributed by atoms with van der Waals surface area (Å²) in [6.45, 7) is 0.603. The monoisotopic (exact) mass is 432 g/mol. The first-order chi connectivity index (χ1) is 15.1. The number of ether oxygens (including phenoxy) is 2. The average Bonchev–Trinajstić information content (AvgIpc) is 2.80. The molecule has 0 aromatic heterocycles. The number of anilines is 1. The Hall–Kier alpha value is -3.64. The molecular formula is C25H24N2O3S. The quantitative estimate of drug-likeness (QED) is 0.394. The highest BCUT2D eigenvalue weighted by molar-refractivity contribution is 7.80. The SMILES string of the molecule is COc1ccc(/C=C/C(=O)NC(=S)Nc2ccc(OCCc3ccccc3)cc2)cc1. The molecule has 6 heteroatoms. The fourth-order valence-corrected chi connectivity index (χ4v) is 2.99. The molecule has 0 radical (unpaired) electrons. The van der Waals surface area contributed by atoms with Crippen molar-refractivity contribution in [3.8, 4) is 11.5 Å². The van der Waals surface area contributed by atoms with E-state index in [9.17, 15) is 4.79 Å². The predicted molar refractivity (Wildman–Crippen MR) is 128 cm³/mol. The topological polar surface area (TPSA) is 59.6 Å². The van der Waals surface area contributed by atoms with Crippen molar-refractivity contribution >= 4 is 35.0 Å². The summed E-state index contributed by atoms with van der Waals surface area (Å²) < 4.78 is 10.9. The molecule has 3 rings (SSSR count). The van der Waals surface area contributed by atoms with Crippen LogP contribution in [0.3, 0.4) is 0 Å². The van der Waals surface area contributed by atoms with Crippen molar-refractivity contribution in [3.63, 3.8) is 0 Å². The molecule has 2 N–H and O–H groups in total. The van der Waals surface area contributed by atoms with Crippen molar-refractivity contribution in [2.24, 2.45) is 0 Å². The van der Waals surface area contributed by atoms with Gasteiger partial charge in [0.25, 0.3) is 0 Å². The maximum Gasteiger partial charge on any atom is 0.250 e. The number of benzene rings is 3. The maximum absolute atomic E-state index is 12.1. The third-order valence-corrected chi connectivity index (χ3v) is 4.60. The van der Waals surface area contributed by atoms with Gasteiger partial charge in [0, 0.05) is 18.2 Å². The molecule has 158 valence electrons. The van der Waals surface area contributed by atoms with Crippen LogP contribution in [-0.4, -0.2) is 24.7 Å². The number of hydrogen-bond donors (Lipinski definition) is 2. The van der Waals surface area contributed by atoms with E-state index in [-0.39, 0.29) is 11.0 Å². The van der Waals surface area contributed by atoms with Gasteiger partial charge in [-0.3, -0.25) is 10.1 Å². The number of amides is 1. The Bertz CT molecular complexity index is 1020. The highest BCUT2D eigenvalue weighted by Crippen LogP contribution is 2.16. The first kappa shape index (κ1) is 22.1. The Balaban J connectivity index is 1.42. The van der Waals surface area contributed by atoms with E-state index in [0.29, 0.717) is 6.61 Å². The normalized spacial score (nSPS) is 10.5. The third-order valence-electron chi connectivity index (χ3n) is 4.39. The molecule has 0 heterocycles. The van der Waals surface area contributed by atoms with Gasteiger partial charge in [-0.1, -0.05) is 42.5 Å². The highest BCUT2D eigenvalue weighted by atomic mass is 32.1. The summed E-state index contributed by atoms with van der Waals surface area (Å²) >= 11 is 5.21. The minimum Gasteiger partial charge on any atom is -0.497 e. The zero-order chi connectivity index (χ0) is 21.9. The van der Waals surface area contributed by atoms with Crippen LogP contribution in [-0.2, 0) is 11.2 Å². The van der Waals surface area contributed by atoms with Gasteiger partial charge in [0.05, 0.1) is 13.7 Å². The Morgan fingerprint density at radius 2 is 1.61 bits per heavy atom. The lowest BCUT2D eigenvalue weighted by Gasteiger charge is -2.10. The summed E-state index contributed by atoms with van der Waals surface area (Å²) in [4.78, 5) is 12.1. The molecule has 0 aliphatic heterocycles. The van der Waals surface area contributed by atoms with Gasteiger partial charge in [-0.25, -0.2) is 0 Å². The van der Waals surface area contributed by atoms with E-state index >= 15 is 0 Å². The van der Waals surface area contributed by atoms with Crippen molar-refractivity contribution < 1.29 is 14.3 Å². The number of carbonyl (C=O) groups is 1. The zero-order valence-electron chi connectivity index (χ0n) is 17.2. The molecule has 0 bridgehead atoms. The second kappa shape index (κ2) is 11.5. The smallest absolute Gasteiger partial charge is 0.250 e. The summed E-state index contributed by atoms with van der Waals surface area (Å²) in [6.07, 6.45) is 3.99. The third kappa shape index (κ3) is 7.60. The van der Waals surface area contributed by atoms with E-state index in [2.05, 4.69) is 22.8 Å². The van der Waals surface area contributed by atoms with E-state index < -0.39 is 0 Å². The van der Waals surface area contributed by atoms with Gasteiger partial charge >= 0.3 is 0 Å². The summed E-state index contributed by atoms with van der Waals surface area (Å²) in [5.74, 6) is 1.23. The van der Waals surface area contributed by atoms with Crippen LogP contribution in [0.4, 0.5) is 5.69 Å². The van der Waals surface area contributed by atoms with Crippen LogP contribution in [0, 0.1) is 0 Å². The number of thiocarbonyl (C=S) groups is 1.